The predicted octanol–water partition coefficient (Wildman–Crippen LogP) is 2.56. The van der Waals surface area contributed by atoms with Gasteiger partial charge in [-0.3, -0.25) is 4.79 Å². The Balaban J connectivity index is 0.00000200. The molecule has 0 bridgehead atoms. The van der Waals surface area contributed by atoms with Crippen molar-refractivity contribution in [2.75, 3.05) is 20.1 Å². The fourth-order valence-corrected chi connectivity index (χ4v) is 2.65. The van der Waals surface area contributed by atoms with Crippen molar-refractivity contribution in [2.45, 2.75) is 31.7 Å². The highest BCUT2D eigenvalue weighted by Crippen LogP contribution is 2.22. The van der Waals surface area contributed by atoms with Crippen LogP contribution in [0.2, 0.25) is 0 Å². The number of piperidine rings is 1. The van der Waals surface area contributed by atoms with Crippen molar-refractivity contribution >= 4 is 18.3 Å². The summed E-state index contributed by atoms with van der Waals surface area (Å²) in [5.41, 5.74) is 0.485. The van der Waals surface area contributed by atoms with Crippen molar-refractivity contribution in [2.24, 2.45) is 0 Å². The van der Waals surface area contributed by atoms with E-state index in [-0.39, 0.29) is 24.1 Å². The van der Waals surface area contributed by atoms with Gasteiger partial charge in [0.1, 0.15) is 5.82 Å². The van der Waals surface area contributed by atoms with E-state index in [9.17, 15) is 9.18 Å². The Kier molecular flexibility index (Phi) is 6.43. The summed E-state index contributed by atoms with van der Waals surface area (Å²) in [6, 6.07) is 6.87. The van der Waals surface area contributed by atoms with Crippen LogP contribution in [0.3, 0.4) is 0 Å². The third-order valence-corrected chi connectivity index (χ3v) is 3.88. The Morgan fingerprint density at radius 3 is 2.80 bits per heavy atom. The maximum absolute atomic E-state index is 13.7. The van der Waals surface area contributed by atoms with Crippen molar-refractivity contribution in [3.05, 3.63) is 35.6 Å². The minimum Gasteiger partial charge on any atom is -0.341 e. The molecule has 112 valence electrons. The number of rotatable bonds is 3. The van der Waals surface area contributed by atoms with E-state index in [1.807, 2.05) is 11.9 Å². The molecule has 1 aromatic rings. The lowest BCUT2D eigenvalue weighted by Gasteiger charge is -2.34. The van der Waals surface area contributed by atoms with Crippen molar-refractivity contribution in [1.29, 1.82) is 0 Å². The molecule has 0 aromatic heterocycles. The van der Waals surface area contributed by atoms with Crippen molar-refractivity contribution in [3.8, 4) is 0 Å². The molecule has 1 aliphatic heterocycles. The molecule has 1 amide bonds. The fourth-order valence-electron chi connectivity index (χ4n) is 2.65. The zero-order valence-electron chi connectivity index (χ0n) is 11.9. The van der Waals surface area contributed by atoms with Crippen LogP contribution in [0.4, 0.5) is 4.39 Å². The lowest BCUT2D eigenvalue weighted by molar-refractivity contribution is -0.133. The van der Waals surface area contributed by atoms with E-state index in [0.717, 1.165) is 19.4 Å². The topological polar surface area (TPSA) is 32.3 Å². The van der Waals surface area contributed by atoms with Crippen LogP contribution < -0.4 is 5.32 Å². The van der Waals surface area contributed by atoms with E-state index in [0.29, 0.717) is 18.2 Å². The van der Waals surface area contributed by atoms with Crippen LogP contribution in [-0.2, 0) is 4.79 Å². The summed E-state index contributed by atoms with van der Waals surface area (Å²) in [4.78, 5) is 14.3. The maximum Gasteiger partial charge on any atom is 0.229 e. The number of hydrogen-bond donors (Lipinski definition) is 1. The van der Waals surface area contributed by atoms with Crippen LogP contribution in [0, 0.1) is 5.82 Å². The lowest BCUT2D eigenvalue weighted by Crippen LogP contribution is -2.48. The molecule has 5 heteroatoms. The van der Waals surface area contributed by atoms with Gasteiger partial charge in [-0.05, 0) is 38.4 Å². The number of carbonyl (C=O) groups is 1. The summed E-state index contributed by atoms with van der Waals surface area (Å²) in [6.07, 6.45) is 2.09. The first-order valence-corrected chi connectivity index (χ1v) is 6.84. The third-order valence-electron chi connectivity index (χ3n) is 3.88. The highest BCUT2D eigenvalue weighted by atomic mass is 35.5. The smallest absolute Gasteiger partial charge is 0.229 e. The van der Waals surface area contributed by atoms with Crippen molar-refractivity contribution in [1.82, 2.24) is 10.2 Å². The molecule has 0 spiro atoms. The number of nitrogens with one attached hydrogen (secondary N) is 1. The Bertz CT molecular complexity index is 455. The Labute approximate surface area is 125 Å². The van der Waals surface area contributed by atoms with Gasteiger partial charge in [0.2, 0.25) is 5.91 Å². The lowest BCUT2D eigenvalue weighted by atomic mass is 9.97. The van der Waals surface area contributed by atoms with Gasteiger partial charge in [-0.1, -0.05) is 18.2 Å². The van der Waals surface area contributed by atoms with Gasteiger partial charge in [-0.15, -0.1) is 12.4 Å². The second-order valence-corrected chi connectivity index (χ2v) is 5.16. The molecule has 1 fully saturated rings. The van der Waals surface area contributed by atoms with E-state index < -0.39 is 5.92 Å². The molecule has 2 atom stereocenters. The largest absolute Gasteiger partial charge is 0.341 e. The van der Waals surface area contributed by atoms with Crippen LogP contribution in [0.15, 0.2) is 24.3 Å². The summed E-state index contributed by atoms with van der Waals surface area (Å²) < 4.78 is 13.7. The number of nitrogens with zero attached hydrogens (tertiary/aromatic N) is 1. The molecule has 1 saturated heterocycles. The average molecular weight is 301 g/mol. The minimum atomic E-state index is -0.420. The van der Waals surface area contributed by atoms with Gasteiger partial charge < -0.3 is 10.2 Å². The monoisotopic (exact) mass is 300 g/mol. The van der Waals surface area contributed by atoms with Crippen LogP contribution in [0.1, 0.15) is 31.2 Å². The van der Waals surface area contributed by atoms with Gasteiger partial charge in [0, 0.05) is 19.1 Å². The first-order valence-electron chi connectivity index (χ1n) is 6.84. The van der Waals surface area contributed by atoms with Crippen LogP contribution in [-0.4, -0.2) is 37.0 Å². The fraction of sp³-hybridized carbons (Fsp3) is 0.533. The summed E-state index contributed by atoms with van der Waals surface area (Å²) in [5.74, 6) is -0.701. The zero-order chi connectivity index (χ0) is 13.8. The Morgan fingerprint density at radius 1 is 1.45 bits per heavy atom. The van der Waals surface area contributed by atoms with E-state index >= 15 is 0 Å². The zero-order valence-corrected chi connectivity index (χ0v) is 12.8. The second kappa shape index (κ2) is 7.60. The molecule has 2 unspecified atom stereocenters. The molecular formula is C15H22ClFN2O. The van der Waals surface area contributed by atoms with E-state index in [1.165, 1.54) is 6.07 Å². The molecule has 0 radical (unpaired) electrons. The van der Waals surface area contributed by atoms with Gasteiger partial charge in [0.25, 0.3) is 0 Å². The normalized spacial score (nSPS) is 20.1. The number of likely N-dealkylation sites (tertiary alicyclic amines) is 1. The molecule has 20 heavy (non-hydrogen) atoms. The number of likely N-dealkylation sites (N-methyl/N-ethyl adjacent to an activating group) is 1. The molecular weight excluding hydrogens is 279 g/mol. The Morgan fingerprint density at radius 2 is 2.15 bits per heavy atom. The molecule has 3 nitrogen and oxygen atoms in total. The molecule has 1 N–H and O–H groups in total. The van der Waals surface area contributed by atoms with Gasteiger partial charge in [-0.25, -0.2) is 4.39 Å². The quantitative estimate of drug-likeness (QED) is 0.930. The Hall–Kier alpha value is -1.13. The summed E-state index contributed by atoms with van der Waals surface area (Å²) >= 11 is 0. The first-order chi connectivity index (χ1) is 9.13. The van der Waals surface area contributed by atoms with Gasteiger partial charge in [-0.2, -0.15) is 0 Å². The van der Waals surface area contributed by atoms with Gasteiger partial charge in [0.05, 0.1) is 5.92 Å². The molecule has 1 aliphatic rings. The number of carbonyl (C=O) groups excluding carboxylic acids is 1. The summed E-state index contributed by atoms with van der Waals surface area (Å²) in [7, 11) is 1.92. The first kappa shape index (κ1) is 16.9. The van der Waals surface area contributed by atoms with Crippen LogP contribution in [0.25, 0.3) is 0 Å². The van der Waals surface area contributed by atoms with Gasteiger partial charge >= 0.3 is 0 Å². The predicted molar refractivity (Wildman–Crippen MR) is 80.7 cm³/mol. The van der Waals surface area contributed by atoms with Crippen LogP contribution >= 0.6 is 12.4 Å². The standard InChI is InChI=1S/C15H21FN2O.ClH/c1-11(13-7-3-4-8-14(13)16)15(19)18-9-5-6-12(10-18)17-2;/h3-4,7-8,11-12,17H,5-6,9-10H2,1-2H3;1H. The molecule has 1 aromatic carbocycles. The number of benzene rings is 1. The van der Waals surface area contributed by atoms with Crippen molar-refractivity contribution in [3.63, 3.8) is 0 Å². The second-order valence-electron chi connectivity index (χ2n) is 5.16. The third kappa shape index (κ3) is 3.70. The summed E-state index contributed by atoms with van der Waals surface area (Å²) in [6.45, 7) is 3.27. The van der Waals surface area contributed by atoms with Gasteiger partial charge in [0.15, 0.2) is 0 Å². The number of halogens is 2. The summed E-state index contributed by atoms with van der Waals surface area (Å²) in [5, 5.41) is 3.21. The molecule has 1 heterocycles. The van der Waals surface area contributed by atoms with E-state index in [2.05, 4.69) is 5.32 Å². The SMILES string of the molecule is CNC1CCCN(C(=O)C(C)c2ccccc2F)C1.Cl. The molecule has 0 saturated carbocycles. The highest BCUT2D eigenvalue weighted by molar-refractivity contribution is 5.85. The van der Waals surface area contributed by atoms with Crippen LogP contribution in [0.5, 0.6) is 0 Å². The molecule has 0 aliphatic carbocycles. The highest BCUT2D eigenvalue weighted by Gasteiger charge is 2.27. The average Bonchev–Trinajstić information content (AvgIpc) is 2.46. The minimum absolute atomic E-state index is 0. The number of hydrogen-bond acceptors (Lipinski definition) is 2. The maximum atomic E-state index is 13.7. The van der Waals surface area contributed by atoms with E-state index in [1.54, 1.807) is 25.1 Å². The molecule has 2 rings (SSSR count). The van der Waals surface area contributed by atoms with Crippen molar-refractivity contribution < 1.29 is 9.18 Å². The van der Waals surface area contributed by atoms with E-state index in [4.69, 9.17) is 0 Å². The number of amides is 1.